The number of likely N-dealkylation sites (tertiary alicyclic amines) is 1. The topological polar surface area (TPSA) is 97.2 Å². The molecule has 7 nitrogen and oxygen atoms in total. The summed E-state index contributed by atoms with van der Waals surface area (Å²) in [5.74, 6) is -0.766. The molecule has 1 aliphatic heterocycles. The molecule has 1 saturated heterocycles. The van der Waals surface area contributed by atoms with Gasteiger partial charge >= 0.3 is 5.97 Å². The van der Waals surface area contributed by atoms with Crippen molar-refractivity contribution in [3.05, 3.63) is 101 Å². The second-order valence-corrected chi connectivity index (χ2v) is 10.6. The van der Waals surface area contributed by atoms with E-state index in [2.05, 4.69) is 11.8 Å². The van der Waals surface area contributed by atoms with Crippen molar-refractivity contribution in [1.82, 2.24) is 4.90 Å². The van der Waals surface area contributed by atoms with Crippen molar-refractivity contribution in [2.75, 3.05) is 19.8 Å². The van der Waals surface area contributed by atoms with E-state index >= 15 is 0 Å². The lowest BCUT2D eigenvalue weighted by Crippen LogP contribution is -2.50. The van der Waals surface area contributed by atoms with E-state index in [1.54, 1.807) is 30.3 Å². The van der Waals surface area contributed by atoms with Crippen LogP contribution < -0.4 is 5.73 Å². The minimum Gasteiger partial charge on any atom is -0.460 e. The van der Waals surface area contributed by atoms with Gasteiger partial charge in [-0.2, -0.15) is 0 Å². The van der Waals surface area contributed by atoms with Gasteiger partial charge in [-0.25, -0.2) is 9.64 Å². The minimum atomic E-state index is -1.16. The first kappa shape index (κ1) is 29.0. The third kappa shape index (κ3) is 6.95. The molecule has 1 amide bonds. The van der Waals surface area contributed by atoms with Gasteiger partial charge in [-0.05, 0) is 67.0 Å². The van der Waals surface area contributed by atoms with E-state index in [1.165, 1.54) is 0 Å². The van der Waals surface area contributed by atoms with Gasteiger partial charge in [0.15, 0.2) is 5.69 Å². The number of esters is 1. The number of rotatable bonds is 10. The Morgan fingerprint density at radius 1 is 1.07 bits per heavy atom. The number of carbonyl (C=O) groups is 2. The van der Waals surface area contributed by atoms with Crippen LogP contribution in [0.15, 0.2) is 72.8 Å². The van der Waals surface area contributed by atoms with Crippen LogP contribution >= 0.6 is 0 Å². The molecule has 1 fully saturated rings. The molecule has 0 spiro atoms. The molecule has 0 saturated carbocycles. The summed E-state index contributed by atoms with van der Waals surface area (Å²) in [4.78, 5) is 32.8. The fraction of sp³-hybridized carbons (Fsp3) is 0.364. The van der Waals surface area contributed by atoms with E-state index in [4.69, 9.17) is 17.0 Å². The predicted octanol–water partition coefficient (Wildman–Crippen LogP) is 5.79. The first-order valence-corrected chi connectivity index (χ1v) is 13.9. The van der Waals surface area contributed by atoms with E-state index in [1.807, 2.05) is 47.4 Å². The van der Waals surface area contributed by atoms with Crippen LogP contribution in [0.2, 0.25) is 0 Å². The van der Waals surface area contributed by atoms with Crippen LogP contribution in [0.25, 0.3) is 16.0 Å². The predicted molar refractivity (Wildman–Crippen MR) is 156 cm³/mol. The highest BCUT2D eigenvalue weighted by atomic mass is 16.5. The number of amides is 1. The number of ether oxygens (including phenoxy) is 1. The van der Waals surface area contributed by atoms with Gasteiger partial charge in [0, 0.05) is 18.2 Å². The molecule has 0 bridgehead atoms. The first-order chi connectivity index (χ1) is 19.4. The summed E-state index contributed by atoms with van der Waals surface area (Å²) in [6.45, 7) is 9.84. The summed E-state index contributed by atoms with van der Waals surface area (Å²) in [6.07, 6.45) is 5.26. The molecule has 3 N–H and O–H groups in total. The SMILES string of the molecule is [C-]#[N+]c1ccccc1-c1cc(C(=O)OCC(N)(CO)Cc2ccccc2)cc(C(=O)N2CCCCC2CCC)c1. The molecule has 3 aromatic rings. The number of carbonyl (C=O) groups excluding carboxylic acids is 2. The normalized spacial score (nSPS) is 16.6. The molecule has 208 valence electrons. The lowest BCUT2D eigenvalue weighted by molar-refractivity contribution is 0.0331. The van der Waals surface area contributed by atoms with Gasteiger partial charge in [0.2, 0.25) is 0 Å². The Labute approximate surface area is 236 Å². The van der Waals surface area contributed by atoms with Gasteiger partial charge in [0.1, 0.15) is 6.61 Å². The Morgan fingerprint density at radius 3 is 2.52 bits per heavy atom. The van der Waals surface area contributed by atoms with Crippen molar-refractivity contribution >= 4 is 17.6 Å². The average Bonchev–Trinajstić information content (AvgIpc) is 3.00. The molecule has 2 atom stereocenters. The van der Waals surface area contributed by atoms with Crippen LogP contribution in [0.3, 0.4) is 0 Å². The second-order valence-electron chi connectivity index (χ2n) is 10.6. The molecule has 2 unspecified atom stereocenters. The summed E-state index contributed by atoms with van der Waals surface area (Å²) in [5, 5.41) is 10.0. The number of hydrogen-bond acceptors (Lipinski definition) is 5. The Balaban J connectivity index is 1.65. The smallest absolute Gasteiger partial charge is 0.338 e. The molecule has 40 heavy (non-hydrogen) atoms. The number of piperidine rings is 1. The van der Waals surface area contributed by atoms with Crippen molar-refractivity contribution in [2.24, 2.45) is 5.73 Å². The standard InChI is InChI=1S/C33H37N3O4/c1-3-11-28-14-9-10-17-36(28)31(38)26-18-25(29-15-7-8-16-30(29)35-2)19-27(20-26)32(39)40-23-33(34,22-37)21-24-12-5-4-6-13-24/h4-8,12-13,15-16,18-20,28,37H,3,9-11,14,17,21-23,34H2,1H3. The van der Waals surface area contributed by atoms with E-state index in [9.17, 15) is 14.7 Å². The van der Waals surface area contributed by atoms with Crippen LogP contribution in [-0.2, 0) is 11.2 Å². The van der Waals surface area contributed by atoms with Crippen LogP contribution in [-0.4, -0.2) is 53.2 Å². The van der Waals surface area contributed by atoms with E-state index in [-0.39, 0.29) is 30.7 Å². The summed E-state index contributed by atoms with van der Waals surface area (Å²) >= 11 is 0. The Bertz CT molecular complexity index is 1370. The van der Waals surface area contributed by atoms with Crippen LogP contribution in [0.4, 0.5) is 5.69 Å². The van der Waals surface area contributed by atoms with Crippen LogP contribution in [0.5, 0.6) is 0 Å². The van der Waals surface area contributed by atoms with Crippen molar-refractivity contribution in [3.8, 4) is 11.1 Å². The number of benzene rings is 3. The quantitative estimate of drug-likeness (QED) is 0.251. The first-order valence-electron chi connectivity index (χ1n) is 13.9. The molecule has 3 aromatic carbocycles. The lowest BCUT2D eigenvalue weighted by atomic mass is 9.93. The Morgan fingerprint density at radius 2 is 1.80 bits per heavy atom. The Hall–Kier alpha value is -3.99. The van der Waals surface area contributed by atoms with Gasteiger partial charge in [-0.1, -0.05) is 67.9 Å². The van der Waals surface area contributed by atoms with Crippen molar-refractivity contribution in [3.63, 3.8) is 0 Å². The fourth-order valence-electron chi connectivity index (χ4n) is 5.35. The number of nitrogens with two attached hydrogens (primary N) is 1. The zero-order valence-electron chi connectivity index (χ0n) is 23.0. The number of hydrogen-bond donors (Lipinski definition) is 2. The number of nitrogens with zero attached hydrogens (tertiary/aromatic N) is 2. The van der Waals surface area contributed by atoms with Crippen LogP contribution in [0.1, 0.15) is 65.3 Å². The molecule has 1 aliphatic rings. The molecule has 1 heterocycles. The highest BCUT2D eigenvalue weighted by molar-refractivity contribution is 6.00. The number of para-hydroxylation sites is 1. The van der Waals surface area contributed by atoms with Gasteiger partial charge < -0.3 is 20.5 Å². The summed E-state index contributed by atoms with van der Waals surface area (Å²) in [5.41, 5.74) is 8.42. The maximum Gasteiger partial charge on any atom is 0.338 e. The third-order valence-electron chi connectivity index (χ3n) is 7.47. The monoisotopic (exact) mass is 539 g/mol. The molecule has 7 heteroatoms. The Kier molecular flexibility index (Phi) is 9.70. The van der Waals surface area contributed by atoms with E-state index in [0.717, 1.165) is 37.7 Å². The van der Waals surface area contributed by atoms with Crippen molar-refractivity contribution in [2.45, 2.75) is 57.0 Å². The molecular formula is C33H37N3O4. The fourth-order valence-corrected chi connectivity index (χ4v) is 5.35. The summed E-state index contributed by atoms with van der Waals surface area (Å²) < 4.78 is 5.63. The molecule has 4 rings (SSSR count). The van der Waals surface area contributed by atoms with Crippen molar-refractivity contribution < 1.29 is 19.4 Å². The maximum atomic E-state index is 13.8. The second kappa shape index (κ2) is 13.4. The molecule has 0 radical (unpaired) electrons. The molecular weight excluding hydrogens is 502 g/mol. The summed E-state index contributed by atoms with van der Waals surface area (Å²) in [6, 6.07) is 21.8. The highest BCUT2D eigenvalue weighted by Crippen LogP contribution is 2.33. The maximum absolute atomic E-state index is 13.8. The highest BCUT2D eigenvalue weighted by Gasteiger charge is 2.30. The third-order valence-corrected chi connectivity index (χ3v) is 7.47. The van der Waals surface area contributed by atoms with Crippen molar-refractivity contribution in [1.29, 1.82) is 0 Å². The van der Waals surface area contributed by atoms with Gasteiger partial charge in [-0.15, -0.1) is 0 Å². The zero-order valence-corrected chi connectivity index (χ0v) is 23.0. The number of aliphatic hydroxyl groups is 1. The van der Waals surface area contributed by atoms with E-state index in [0.29, 0.717) is 35.3 Å². The zero-order chi connectivity index (χ0) is 28.5. The largest absolute Gasteiger partial charge is 0.460 e. The van der Waals surface area contributed by atoms with Gasteiger partial charge in [0.25, 0.3) is 5.91 Å². The molecule has 0 aromatic heterocycles. The van der Waals surface area contributed by atoms with Gasteiger partial charge in [0.05, 0.1) is 24.3 Å². The van der Waals surface area contributed by atoms with E-state index < -0.39 is 11.5 Å². The molecule has 0 aliphatic carbocycles. The van der Waals surface area contributed by atoms with Crippen LogP contribution in [0, 0.1) is 6.57 Å². The minimum absolute atomic E-state index is 0.123. The average molecular weight is 540 g/mol. The summed E-state index contributed by atoms with van der Waals surface area (Å²) in [7, 11) is 0. The van der Waals surface area contributed by atoms with Gasteiger partial charge in [-0.3, -0.25) is 4.79 Å². The lowest BCUT2D eigenvalue weighted by Gasteiger charge is -2.36. The number of aliphatic hydroxyl groups excluding tert-OH is 1.